The molecule has 0 amide bonds. The van der Waals surface area contributed by atoms with Crippen molar-refractivity contribution >= 4 is 5.84 Å². The Labute approximate surface area is 102 Å². The van der Waals surface area contributed by atoms with Gasteiger partial charge in [0.15, 0.2) is 11.6 Å². The van der Waals surface area contributed by atoms with Gasteiger partial charge in [0.2, 0.25) is 0 Å². The van der Waals surface area contributed by atoms with Crippen molar-refractivity contribution in [1.29, 1.82) is 0 Å². The maximum Gasteiger partial charge on any atom is 0.176 e. The Bertz CT molecular complexity index is 594. The van der Waals surface area contributed by atoms with Gasteiger partial charge >= 0.3 is 0 Å². The lowest BCUT2D eigenvalue weighted by Crippen LogP contribution is -2.16. The first-order chi connectivity index (χ1) is 8.61. The molecule has 0 aliphatic rings. The number of benzene rings is 1. The Morgan fingerprint density at radius 2 is 2.33 bits per heavy atom. The summed E-state index contributed by atoms with van der Waals surface area (Å²) in [5, 5.41) is 15.3. The second-order valence-corrected chi connectivity index (χ2v) is 3.55. The number of hydrogen-bond donors (Lipinski definition) is 2. The lowest BCUT2D eigenvalue weighted by Gasteiger charge is -2.09. The molecule has 0 spiro atoms. The zero-order chi connectivity index (χ0) is 13.1. The second kappa shape index (κ2) is 4.74. The Balaban J connectivity index is 2.41. The summed E-state index contributed by atoms with van der Waals surface area (Å²) in [7, 11) is 1.73. The van der Waals surface area contributed by atoms with Crippen molar-refractivity contribution in [3.8, 4) is 11.5 Å². The maximum absolute atomic E-state index is 13.6. The van der Waals surface area contributed by atoms with Crippen molar-refractivity contribution in [1.82, 2.24) is 9.78 Å². The van der Waals surface area contributed by atoms with Crippen molar-refractivity contribution in [3.63, 3.8) is 0 Å². The standard InChI is InChI=1S/C11H11FN4O2/c1-16-6-7(5-14-16)18-9-4-2-3-8(12)10(9)11(13)15-17/h2-6,17H,1H3,(H2,13,15). The van der Waals surface area contributed by atoms with Crippen LogP contribution >= 0.6 is 0 Å². The summed E-state index contributed by atoms with van der Waals surface area (Å²) in [6.07, 6.45) is 3.09. The molecule has 0 saturated heterocycles. The second-order valence-electron chi connectivity index (χ2n) is 3.55. The molecular weight excluding hydrogens is 239 g/mol. The van der Waals surface area contributed by atoms with Crippen LogP contribution < -0.4 is 10.5 Å². The van der Waals surface area contributed by atoms with Crippen molar-refractivity contribution in [3.05, 3.63) is 42.0 Å². The van der Waals surface area contributed by atoms with Gasteiger partial charge in [0.05, 0.1) is 18.0 Å². The lowest BCUT2D eigenvalue weighted by molar-refractivity contribution is 0.318. The largest absolute Gasteiger partial charge is 0.453 e. The van der Waals surface area contributed by atoms with E-state index in [4.69, 9.17) is 15.7 Å². The van der Waals surface area contributed by atoms with E-state index in [1.54, 1.807) is 13.2 Å². The number of hydrogen-bond acceptors (Lipinski definition) is 4. The van der Waals surface area contributed by atoms with E-state index in [1.807, 2.05) is 0 Å². The van der Waals surface area contributed by atoms with E-state index in [9.17, 15) is 4.39 Å². The van der Waals surface area contributed by atoms with E-state index in [2.05, 4.69) is 10.3 Å². The molecule has 0 aliphatic heterocycles. The van der Waals surface area contributed by atoms with Gasteiger partial charge in [0.25, 0.3) is 0 Å². The summed E-state index contributed by atoms with van der Waals surface area (Å²) in [6.45, 7) is 0. The van der Waals surface area contributed by atoms with E-state index < -0.39 is 5.82 Å². The average Bonchev–Trinajstić information content (AvgIpc) is 2.74. The van der Waals surface area contributed by atoms with Crippen LogP contribution in [-0.4, -0.2) is 20.8 Å². The van der Waals surface area contributed by atoms with Crippen LogP contribution in [0.5, 0.6) is 11.5 Å². The third-order valence-corrected chi connectivity index (χ3v) is 2.25. The fourth-order valence-electron chi connectivity index (χ4n) is 1.47. The highest BCUT2D eigenvalue weighted by Crippen LogP contribution is 2.26. The number of nitrogens with zero attached hydrogens (tertiary/aromatic N) is 3. The van der Waals surface area contributed by atoms with Gasteiger partial charge < -0.3 is 15.7 Å². The Morgan fingerprint density at radius 1 is 1.56 bits per heavy atom. The summed E-state index contributed by atoms with van der Waals surface area (Å²) in [6, 6.07) is 4.18. The van der Waals surface area contributed by atoms with Crippen LogP contribution in [0.1, 0.15) is 5.56 Å². The Hall–Kier alpha value is -2.57. The van der Waals surface area contributed by atoms with Gasteiger partial charge in [-0.1, -0.05) is 11.2 Å². The zero-order valence-corrected chi connectivity index (χ0v) is 9.54. The Morgan fingerprint density at radius 3 is 2.94 bits per heavy atom. The van der Waals surface area contributed by atoms with Gasteiger partial charge in [-0.25, -0.2) is 4.39 Å². The number of aromatic nitrogens is 2. The van der Waals surface area contributed by atoms with Crippen LogP contribution in [0.25, 0.3) is 0 Å². The van der Waals surface area contributed by atoms with Crippen LogP contribution in [0.2, 0.25) is 0 Å². The summed E-state index contributed by atoms with van der Waals surface area (Å²) in [5.41, 5.74) is 5.32. The number of aryl methyl sites for hydroxylation is 1. The molecule has 0 radical (unpaired) electrons. The molecule has 1 aromatic carbocycles. The molecule has 7 heteroatoms. The summed E-state index contributed by atoms with van der Waals surface area (Å²) in [5.74, 6) is -0.410. The molecule has 6 nitrogen and oxygen atoms in total. The topological polar surface area (TPSA) is 85.7 Å². The summed E-state index contributed by atoms with van der Waals surface area (Å²) >= 11 is 0. The molecule has 0 saturated carbocycles. The minimum absolute atomic E-state index is 0.0937. The predicted octanol–water partition coefficient (Wildman–Crippen LogP) is 1.45. The zero-order valence-electron chi connectivity index (χ0n) is 9.54. The molecule has 0 unspecified atom stereocenters. The molecule has 0 aliphatic carbocycles. The highest BCUT2D eigenvalue weighted by Gasteiger charge is 2.15. The third-order valence-electron chi connectivity index (χ3n) is 2.25. The molecule has 1 aromatic heterocycles. The third kappa shape index (κ3) is 2.24. The van der Waals surface area contributed by atoms with Crippen LogP contribution in [-0.2, 0) is 7.05 Å². The van der Waals surface area contributed by atoms with Gasteiger partial charge in [-0.3, -0.25) is 4.68 Å². The maximum atomic E-state index is 13.6. The minimum Gasteiger partial charge on any atom is -0.453 e. The van der Waals surface area contributed by atoms with E-state index in [0.717, 1.165) is 0 Å². The van der Waals surface area contributed by atoms with E-state index in [1.165, 1.54) is 29.1 Å². The van der Waals surface area contributed by atoms with Crippen LogP contribution in [0, 0.1) is 5.82 Å². The van der Waals surface area contributed by atoms with E-state index >= 15 is 0 Å². The summed E-state index contributed by atoms with van der Waals surface area (Å²) < 4.78 is 20.6. The molecule has 0 bridgehead atoms. The number of rotatable bonds is 3. The van der Waals surface area contributed by atoms with Crippen LogP contribution in [0.3, 0.4) is 0 Å². The van der Waals surface area contributed by atoms with Gasteiger partial charge in [-0.15, -0.1) is 0 Å². The lowest BCUT2D eigenvalue weighted by atomic mass is 10.1. The monoisotopic (exact) mass is 250 g/mol. The molecular formula is C11H11FN4O2. The van der Waals surface area contributed by atoms with E-state index in [-0.39, 0.29) is 17.1 Å². The molecule has 2 aromatic rings. The highest BCUT2D eigenvalue weighted by atomic mass is 19.1. The average molecular weight is 250 g/mol. The number of amidine groups is 1. The Kier molecular flexibility index (Phi) is 3.13. The molecule has 2 rings (SSSR count). The fraction of sp³-hybridized carbons (Fsp3) is 0.0909. The van der Waals surface area contributed by atoms with Gasteiger partial charge in [-0.2, -0.15) is 5.10 Å². The smallest absolute Gasteiger partial charge is 0.176 e. The first-order valence-corrected chi connectivity index (χ1v) is 5.04. The number of nitrogens with two attached hydrogens (primary N) is 1. The first-order valence-electron chi connectivity index (χ1n) is 5.04. The van der Waals surface area contributed by atoms with Crippen molar-refractivity contribution < 1.29 is 14.3 Å². The van der Waals surface area contributed by atoms with Crippen molar-refractivity contribution in [2.24, 2.45) is 17.9 Å². The first kappa shape index (κ1) is 11.9. The number of oxime groups is 1. The van der Waals surface area contributed by atoms with Crippen LogP contribution in [0.4, 0.5) is 4.39 Å². The normalized spacial score (nSPS) is 11.6. The van der Waals surface area contributed by atoms with Gasteiger partial charge in [-0.05, 0) is 12.1 Å². The SMILES string of the molecule is Cn1cc(Oc2cccc(F)c2/C(N)=N/O)cn1. The minimum atomic E-state index is -0.633. The fourth-order valence-corrected chi connectivity index (χ4v) is 1.47. The highest BCUT2D eigenvalue weighted by molar-refractivity contribution is 5.99. The predicted molar refractivity (Wildman–Crippen MR) is 62.2 cm³/mol. The number of halogens is 1. The van der Waals surface area contributed by atoms with E-state index in [0.29, 0.717) is 5.75 Å². The summed E-state index contributed by atoms with van der Waals surface area (Å²) in [4.78, 5) is 0. The quantitative estimate of drug-likeness (QED) is 0.373. The molecule has 18 heavy (non-hydrogen) atoms. The number of ether oxygens (including phenoxy) is 1. The molecule has 1 heterocycles. The van der Waals surface area contributed by atoms with Crippen molar-refractivity contribution in [2.45, 2.75) is 0 Å². The van der Waals surface area contributed by atoms with Crippen molar-refractivity contribution in [2.75, 3.05) is 0 Å². The van der Waals surface area contributed by atoms with Crippen LogP contribution in [0.15, 0.2) is 35.7 Å². The molecule has 3 N–H and O–H groups in total. The molecule has 0 fully saturated rings. The van der Waals surface area contributed by atoms with Gasteiger partial charge in [0.1, 0.15) is 11.6 Å². The molecule has 94 valence electrons. The van der Waals surface area contributed by atoms with Gasteiger partial charge in [0, 0.05) is 7.05 Å². The molecule has 0 atom stereocenters.